The van der Waals surface area contributed by atoms with Crippen molar-refractivity contribution in [3.8, 4) is 0 Å². The Hall–Kier alpha value is -0.990. The van der Waals surface area contributed by atoms with Crippen molar-refractivity contribution < 1.29 is 4.52 Å². The van der Waals surface area contributed by atoms with E-state index < -0.39 is 0 Å². The predicted molar refractivity (Wildman–Crippen MR) is 65.5 cm³/mol. The zero-order chi connectivity index (χ0) is 11.6. The second-order valence-electron chi connectivity index (χ2n) is 6.70. The molecule has 0 aromatic carbocycles. The minimum atomic E-state index is 0.322. The first kappa shape index (κ1) is 9.98. The summed E-state index contributed by atoms with van der Waals surface area (Å²) in [7, 11) is 0. The average Bonchev–Trinajstić information content (AvgIpc) is 2.56. The number of aryl methyl sites for hydroxylation is 1. The van der Waals surface area contributed by atoms with Gasteiger partial charge in [0.25, 0.3) is 0 Å². The summed E-state index contributed by atoms with van der Waals surface area (Å²) in [5.41, 5.74) is 7.64. The summed E-state index contributed by atoms with van der Waals surface area (Å²) in [5, 5.41) is 3.98. The standard InChI is InChI=1S/C14H20N2O/c1-8-12(13(15)16-17-8)14-5-9-2-10(6-14)4-11(3-9)7-14/h9-11H,2-7H2,1H3,(H2,15,16). The number of anilines is 1. The van der Waals surface area contributed by atoms with Crippen LogP contribution in [0.25, 0.3) is 0 Å². The first-order chi connectivity index (χ1) is 8.16. The van der Waals surface area contributed by atoms with Gasteiger partial charge in [0.1, 0.15) is 5.76 Å². The van der Waals surface area contributed by atoms with Crippen molar-refractivity contribution in [3.05, 3.63) is 11.3 Å². The zero-order valence-corrected chi connectivity index (χ0v) is 10.4. The van der Waals surface area contributed by atoms with Crippen LogP contribution in [0.4, 0.5) is 5.82 Å². The summed E-state index contributed by atoms with van der Waals surface area (Å²) in [6.07, 6.45) is 8.36. The molecule has 4 saturated carbocycles. The van der Waals surface area contributed by atoms with E-state index in [1.165, 1.54) is 44.1 Å². The van der Waals surface area contributed by atoms with E-state index in [-0.39, 0.29) is 0 Å². The normalized spacial score (nSPS) is 43.2. The Morgan fingerprint density at radius 3 is 2.06 bits per heavy atom. The molecule has 0 spiro atoms. The van der Waals surface area contributed by atoms with E-state index in [1.807, 2.05) is 6.92 Å². The van der Waals surface area contributed by atoms with Gasteiger partial charge in [0.15, 0.2) is 5.82 Å². The number of rotatable bonds is 1. The lowest BCUT2D eigenvalue weighted by Gasteiger charge is -2.56. The zero-order valence-electron chi connectivity index (χ0n) is 10.4. The molecule has 4 fully saturated rings. The minimum Gasteiger partial charge on any atom is -0.381 e. The van der Waals surface area contributed by atoms with Crippen molar-refractivity contribution in [2.24, 2.45) is 17.8 Å². The molecule has 0 radical (unpaired) electrons. The van der Waals surface area contributed by atoms with E-state index >= 15 is 0 Å². The number of aromatic nitrogens is 1. The first-order valence-electron chi connectivity index (χ1n) is 6.88. The number of nitrogens with zero attached hydrogens (tertiary/aromatic N) is 1. The quantitative estimate of drug-likeness (QED) is 0.809. The van der Waals surface area contributed by atoms with Crippen molar-refractivity contribution in [1.82, 2.24) is 5.16 Å². The van der Waals surface area contributed by atoms with E-state index in [2.05, 4.69) is 5.16 Å². The molecular weight excluding hydrogens is 212 g/mol. The lowest BCUT2D eigenvalue weighted by molar-refractivity contribution is -0.00548. The van der Waals surface area contributed by atoms with Gasteiger partial charge in [-0.15, -0.1) is 0 Å². The monoisotopic (exact) mass is 232 g/mol. The second-order valence-corrected chi connectivity index (χ2v) is 6.70. The third-order valence-electron chi connectivity index (χ3n) is 5.46. The van der Waals surface area contributed by atoms with Gasteiger partial charge in [-0.3, -0.25) is 0 Å². The highest BCUT2D eigenvalue weighted by Gasteiger charge is 2.53. The first-order valence-corrected chi connectivity index (χ1v) is 6.88. The molecule has 4 bridgehead atoms. The van der Waals surface area contributed by atoms with Gasteiger partial charge in [-0.25, -0.2) is 0 Å². The van der Waals surface area contributed by atoms with Crippen molar-refractivity contribution >= 4 is 5.82 Å². The Morgan fingerprint density at radius 1 is 1.12 bits per heavy atom. The lowest BCUT2D eigenvalue weighted by atomic mass is 9.48. The van der Waals surface area contributed by atoms with Crippen LogP contribution in [-0.4, -0.2) is 5.16 Å². The molecule has 5 rings (SSSR count). The van der Waals surface area contributed by atoms with E-state index in [0.29, 0.717) is 11.2 Å². The van der Waals surface area contributed by atoms with E-state index in [1.54, 1.807) is 0 Å². The van der Waals surface area contributed by atoms with E-state index in [4.69, 9.17) is 10.3 Å². The van der Waals surface area contributed by atoms with Gasteiger partial charge in [0, 0.05) is 11.0 Å². The smallest absolute Gasteiger partial charge is 0.170 e. The van der Waals surface area contributed by atoms with Crippen molar-refractivity contribution in [1.29, 1.82) is 0 Å². The molecule has 0 saturated heterocycles. The summed E-state index contributed by atoms with van der Waals surface area (Å²) in [6.45, 7) is 2.03. The van der Waals surface area contributed by atoms with Crippen molar-refractivity contribution in [2.45, 2.75) is 50.9 Å². The Labute approximate surface area is 102 Å². The SMILES string of the molecule is Cc1onc(N)c1C12CC3CC(CC(C3)C1)C2. The molecule has 0 unspecified atom stereocenters. The molecular formula is C14H20N2O. The molecule has 2 N–H and O–H groups in total. The number of nitrogens with two attached hydrogens (primary N) is 1. The molecule has 3 nitrogen and oxygen atoms in total. The van der Waals surface area contributed by atoms with Gasteiger partial charge in [0.2, 0.25) is 0 Å². The Bertz CT molecular complexity index is 408. The fraction of sp³-hybridized carbons (Fsp3) is 0.786. The van der Waals surface area contributed by atoms with Gasteiger partial charge in [-0.05, 0) is 63.2 Å². The fourth-order valence-corrected chi connectivity index (χ4v) is 5.45. The summed E-state index contributed by atoms with van der Waals surface area (Å²) >= 11 is 0. The Morgan fingerprint density at radius 2 is 1.65 bits per heavy atom. The maximum Gasteiger partial charge on any atom is 0.170 e. The Kier molecular flexibility index (Phi) is 1.80. The molecule has 4 aliphatic carbocycles. The molecule has 1 heterocycles. The van der Waals surface area contributed by atoms with Crippen LogP contribution >= 0.6 is 0 Å². The lowest BCUT2D eigenvalue weighted by Crippen LogP contribution is -2.48. The van der Waals surface area contributed by atoms with Gasteiger partial charge in [-0.1, -0.05) is 5.16 Å². The number of hydrogen-bond acceptors (Lipinski definition) is 3. The maximum atomic E-state index is 6.06. The second kappa shape index (κ2) is 3.06. The highest BCUT2D eigenvalue weighted by Crippen LogP contribution is 2.61. The van der Waals surface area contributed by atoms with Crippen LogP contribution in [-0.2, 0) is 5.41 Å². The molecule has 0 aliphatic heterocycles. The van der Waals surface area contributed by atoms with Crippen LogP contribution in [0, 0.1) is 24.7 Å². The third-order valence-corrected chi connectivity index (χ3v) is 5.46. The van der Waals surface area contributed by atoms with Gasteiger partial charge in [-0.2, -0.15) is 0 Å². The molecule has 4 aliphatic rings. The average molecular weight is 232 g/mol. The summed E-state index contributed by atoms with van der Waals surface area (Å²) in [5.74, 6) is 4.44. The summed E-state index contributed by atoms with van der Waals surface area (Å²) < 4.78 is 5.31. The molecule has 1 aromatic rings. The van der Waals surface area contributed by atoms with Gasteiger partial charge in [0.05, 0.1) is 0 Å². The molecule has 1 aromatic heterocycles. The fourth-order valence-electron chi connectivity index (χ4n) is 5.45. The third kappa shape index (κ3) is 1.25. The topological polar surface area (TPSA) is 52.0 Å². The van der Waals surface area contributed by atoms with Crippen LogP contribution in [0.5, 0.6) is 0 Å². The van der Waals surface area contributed by atoms with Gasteiger partial charge >= 0.3 is 0 Å². The van der Waals surface area contributed by atoms with Gasteiger partial charge < -0.3 is 10.3 Å². The van der Waals surface area contributed by atoms with E-state index in [9.17, 15) is 0 Å². The van der Waals surface area contributed by atoms with Crippen LogP contribution in [0.3, 0.4) is 0 Å². The van der Waals surface area contributed by atoms with Crippen molar-refractivity contribution in [2.75, 3.05) is 5.73 Å². The summed E-state index contributed by atoms with van der Waals surface area (Å²) in [4.78, 5) is 0. The largest absolute Gasteiger partial charge is 0.381 e. The highest BCUT2D eigenvalue weighted by molar-refractivity contribution is 5.47. The van der Waals surface area contributed by atoms with Crippen LogP contribution in [0.15, 0.2) is 4.52 Å². The molecule has 3 heteroatoms. The van der Waals surface area contributed by atoms with Crippen LogP contribution in [0.1, 0.15) is 49.8 Å². The van der Waals surface area contributed by atoms with Crippen LogP contribution < -0.4 is 5.73 Å². The maximum absolute atomic E-state index is 6.06. The minimum absolute atomic E-state index is 0.322. The van der Waals surface area contributed by atoms with Crippen molar-refractivity contribution in [3.63, 3.8) is 0 Å². The molecule has 0 amide bonds. The molecule has 17 heavy (non-hydrogen) atoms. The Balaban J connectivity index is 1.82. The molecule has 92 valence electrons. The number of nitrogen functional groups attached to an aromatic ring is 1. The van der Waals surface area contributed by atoms with Crippen LogP contribution in [0.2, 0.25) is 0 Å². The number of hydrogen-bond donors (Lipinski definition) is 1. The highest BCUT2D eigenvalue weighted by atomic mass is 16.5. The van der Waals surface area contributed by atoms with E-state index in [0.717, 1.165) is 23.5 Å². The summed E-state index contributed by atoms with van der Waals surface area (Å²) in [6, 6.07) is 0. The predicted octanol–water partition coefficient (Wildman–Crippen LogP) is 3.03. The molecule has 0 atom stereocenters.